The van der Waals surface area contributed by atoms with E-state index in [4.69, 9.17) is 0 Å². The summed E-state index contributed by atoms with van der Waals surface area (Å²) in [6.45, 7) is 3.72. The molecular formula is C11H14F3N7S. The molecule has 0 spiro atoms. The highest BCUT2D eigenvalue weighted by molar-refractivity contribution is 7.99. The minimum atomic E-state index is -4.55. The molecule has 11 heteroatoms. The average Bonchev–Trinajstić information content (AvgIpc) is 2.85. The van der Waals surface area contributed by atoms with Crippen molar-refractivity contribution < 1.29 is 13.2 Å². The van der Waals surface area contributed by atoms with Crippen LogP contribution < -0.4 is 4.90 Å². The standard InChI is InChI=1S/C11H14F3N7S/c1-6(2)21-10(17-18-19-21)22-9-15-7(11(12,13)14)5-8(16-9)20(3)4/h5-6H,1-4H3. The Bertz CT molecular complexity index is 653. The number of nitrogens with zero attached hydrogens (tertiary/aromatic N) is 7. The number of hydrogen-bond acceptors (Lipinski definition) is 7. The first kappa shape index (κ1) is 16.5. The number of rotatable bonds is 4. The van der Waals surface area contributed by atoms with Crippen LogP contribution in [0.3, 0.4) is 0 Å². The molecule has 0 amide bonds. The minimum Gasteiger partial charge on any atom is -0.363 e. The van der Waals surface area contributed by atoms with Crippen molar-refractivity contribution in [2.75, 3.05) is 19.0 Å². The van der Waals surface area contributed by atoms with Crippen molar-refractivity contribution in [2.24, 2.45) is 0 Å². The number of tetrazole rings is 1. The van der Waals surface area contributed by atoms with Gasteiger partial charge in [-0.1, -0.05) is 0 Å². The monoisotopic (exact) mass is 333 g/mol. The third-order valence-electron chi connectivity index (χ3n) is 2.58. The molecule has 120 valence electrons. The number of aromatic nitrogens is 6. The molecule has 0 unspecified atom stereocenters. The van der Waals surface area contributed by atoms with E-state index in [1.165, 1.54) is 9.58 Å². The summed E-state index contributed by atoms with van der Waals surface area (Å²) in [5.74, 6) is 0.161. The predicted molar refractivity (Wildman–Crippen MR) is 73.7 cm³/mol. The van der Waals surface area contributed by atoms with Crippen molar-refractivity contribution in [3.63, 3.8) is 0 Å². The van der Waals surface area contributed by atoms with Gasteiger partial charge < -0.3 is 4.90 Å². The summed E-state index contributed by atoms with van der Waals surface area (Å²) in [5, 5.41) is 11.4. The largest absolute Gasteiger partial charge is 0.433 e. The van der Waals surface area contributed by atoms with Crippen LogP contribution in [-0.4, -0.2) is 44.3 Å². The van der Waals surface area contributed by atoms with Crippen LogP contribution in [0.5, 0.6) is 0 Å². The van der Waals surface area contributed by atoms with Crippen molar-refractivity contribution in [1.29, 1.82) is 0 Å². The van der Waals surface area contributed by atoms with Gasteiger partial charge >= 0.3 is 6.18 Å². The van der Waals surface area contributed by atoms with Crippen molar-refractivity contribution in [3.8, 4) is 0 Å². The molecule has 2 rings (SSSR count). The van der Waals surface area contributed by atoms with E-state index < -0.39 is 11.9 Å². The lowest BCUT2D eigenvalue weighted by Gasteiger charge is -2.15. The number of anilines is 1. The van der Waals surface area contributed by atoms with Gasteiger partial charge in [0.1, 0.15) is 5.82 Å². The van der Waals surface area contributed by atoms with Crippen molar-refractivity contribution in [2.45, 2.75) is 36.4 Å². The van der Waals surface area contributed by atoms with Gasteiger partial charge in [0.05, 0.1) is 6.04 Å². The minimum absolute atomic E-state index is 0.0309. The van der Waals surface area contributed by atoms with E-state index in [0.717, 1.165) is 17.8 Å². The smallest absolute Gasteiger partial charge is 0.363 e. The first-order valence-electron chi connectivity index (χ1n) is 6.28. The highest BCUT2D eigenvalue weighted by Gasteiger charge is 2.34. The van der Waals surface area contributed by atoms with E-state index in [-0.39, 0.29) is 17.0 Å². The molecule has 0 saturated heterocycles. The number of halogens is 3. The third kappa shape index (κ3) is 3.64. The molecule has 2 heterocycles. The second kappa shape index (κ2) is 6.07. The van der Waals surface area contributed by atoms with Gasteiger partial charge in [-0.25, -0.2) is 14.6 Å². The molecule has 0 aliphatic carbocycles. The maximum Gasteiger partial charge on any atom is 0.433 e. The molecule has 0 aliphatic heterocycles. The summed E-state index contributed by atoms with van der Waals surface area (Å²) in [4.78, 5) is 9.12. The fourth-order valence-corrected chi connectivity index (χ4v) is 2.36. The Balaban J connectivity index is 2.42. The van der Waals surface area contributed by atoms with Gasteiger partial charge in [0, 0.05) is 20.2 Å². The summed E-state index contributed by atoms with van der Waals surface area (Å²) in [7, 11) is 3.21. The summed E-state index contributed by atoms with van der Waals surface area (Å²) < 4.78 is 40.3. The molecule has 0 bridgehead atoms. The molecule has 2 aromatic heterocycles. The summed E-state index contributed by atoms with van der Waals surface area (Å²) in [6, 6.07) is 0.867. The van der Waals surface area contributed by atoms with Crippen LogP contribution in [0.25, 0.3) is 0 Å². The Morgan fingerprint density at radius 2 is 1.91 bits per heavy atom. The van der Waals surface area contributed by atoms with Crippen LogP contribution >= 0.6 is 11.8 Å². The fraction of sp³-hybridized carbons (Fsp3) is 0.545. The number of hydrogen-bond donors (Lipinski definition) is 0. The first-order chi connectivity index (χ1) is 10.2. The van der Waals surface area contributed by atoms with Crippen LogP contribution in [0.15, 0.2) is 16.4 Å². The second-order valence-electron chi connectivity index (χ2n) is 4.89. The van der Waals surface area contributed by atoms with Gasteiger partial charge in [0.25, 0.3) is 0 Å². The molecule has 0 radical (unpaired) electrons. The predicted octanol–water partition coefficient (Wildman–Crippen LogP) is 2.28. The van der Waals surface area contributed by atoms with Gasteiger partial charge in [0.15, 0.2) is 10.9 Å². The lowest BCUT2D eigenvalue weighted by Crippen LogP contribution is -2.16. The van der Waals surface area contributed by atoms with E-state index in [2.05, 4.69) is 25.5 Å². The van der Waals surface area contributed by atoms with E-state index in [1.54, 1.807) is 14.1 Å². The van der Waals surface area contributed by atoms with Crippen LogP contribution in [0, 0.1) is 0 Å². The molecule has 7 nitrogen and oxygen atoms in total. The third-order valence-corrected chi connectivity index (χ3v) is 3.39. The molecule has 0 atom stereocenters. The molecule has 0 saturated carbocycles. The molecule has 2 aromatic rings. The van der Waals surface area contributed by atoms with E-state index in [9.17, 15) is 13.2 Å². The van der Waals surface area contributed by atoms with Gasteiger partial charge in [-0.15, -0.1) is 5.10 Å². The molecule has 0 fully saturated rings. The quantitative estimate of drug-likeness (QED) is 0.795. The summed E-state index contributed by atoms with van der Waals surface area (Å²) >= 11 is 0.889. The van der Waals surface area contributed by atoms with E-state index in [1.807, 2.05) is 13.8 Å². The zero-order valence-electron chi connectivity index (χ0n) is 12.3. The molecular weight excluding hydrogens is 319 g/mol. The zero-order valence-corrected chi connectivity index (χ0v) is 13.1. The normalized spacial score (nSPS) is 12.0. The van der Waals surface area contributed by atoms with Crippen LogP contribution in [0.1, 0.15) is 25.6 Å². The molecule has 0 aliphatic rings. The summed E-state index contributed by atoms with van der Waals surface area (Å²) in [5.41, 5.74) is -1.00. The zero-order chi connectivity index (χ0) is 16.5. The SMILES string of the molecule is CC(C)n1nnnc1Sc1nc(N(C)C)cc(C(F)(F)F)n1. The Morgan fingerprint density at radius 1 is 1.23 bits per heavy atom. The Hall–Kier alpha value is -1.91. The van der Waals surface area contributed by atoms with Gasteiger partial charge in [0.2, 0.25) is 5.16 Å². The maximum atomic E-state index is 12.9. The maximum absolute atomic E-state index is 12.9. The van der Waals surface area contributed by atoms with Crippen LogP contribution in [0.4, 0.5) is 19.0 Å². The first-order valence-corrected chi connectivity index (χ1v) is 7.09. The second-order valence-corrected chi connectivity index (χ2v) is 5.82. The number of alkyl halides is 3. The summed E-state index contributed by atoms with van der Waals surface area (Å²) in [6.07, 6.45) is -4.55. The van der Waals surface area contributed by atoms with Crippen molar-refractivity contribution >= 4 is 17.6 Å². The van der Waals surface area contributed by atoms with Gasteiger partial charge in [-0.2, -0.15) is 13.2 Å². The van der Waals surface area contributed by atoms with Crippen LogP contribution in [-0.2, 0) is 6.18 Å². The fourth-order valence-electron chi connectivity index (χ4n) is 1.49. The Morgan fingerprint density at radius 3 is 2.45 bits per heavy atom. The van der Waals surface area contributed by atoms with Crippen molar-refractivity contribution in [1.82, 2.24) is 30.2 Å². The van der Waals surface area contributed by atoms with Crippen molar-refractivity contribution in [3.05, 3.63) is 11.8 Å². The molecule has 22 heavy (non-hydrogen) atoms. The Labute approximate surface area is 128 Å². The van der Waals surface area contributed by atoms with Crippen LogP contribution in [0.2, 0.25) is 0 Å². The van der Waals surface area contributed by atoms with E-state index >= 15 is 0 Å². The van der Waals surface area contributed by atoms with E-state index in [0.29, 0.717) is 5.16 Å². The lowest BCUT2D eigenvalue weighted by molar-refractivity contribution is -0.141. The topological polar surface area (TPSA) is 72.6 Å². The highest BCUT2D eigenvalue weighted by atomic mass is 32.2. The highest BCUT2D eigenvalue weighted by Crippen LogP contribution is 2.32. The molecule has 0 N–H and O–H groups in total. The molecule has 0 aromatic carbocycles. The van der Waals surface area contributed by atoms with Gasteiger partial charge in [-0.05, 0) is 36.0 Å². The Kier molecular flexibility index (Phi) is 4.54. The lowest BCUT2D eigenvalue weighted by atomic mass is 10.4. The van der Waals surface area contributed by atoms with Gasteiger partial charge in [-0.3, -0.25) is 0 Å². The average molecular weight is 333 g/mol.